The maximum absolute atomic E-state index is 11.9. The Kier molecular flexibility index (Phi) is 4.20. The van der Waals surface area contributed by atoms with Gasteiger partial charge in [-0.1, -0.05) is 17.7 Å². The number of ether oxygens (including phenoxy) is 1. The SMILES string of the molecule is Cc1ccc(OCC(=O)N2CCC(CO)C2)cc1. The van der Waals surface area contributed by atoms with Gasteiger partial charge in [0.1, 0.15) is 5.75 Å². The quantitative estimate of drug-likeness (QED) is 0.872. The number of carbonyl (C=O) groups is 1. The Morgan fingerprint density at radius 3 is 2.78 bits per heavy atom. The predicted molar refractivity (Wildman–Crippen MR) is 68.4 cm³/mol. The molecule has 1 amide bonds. The van der Waals surface area contributed by atoms with Gasteiger partial charge in [0.05, 0.1) is 0 Å². The number of hydrogen-bond donors (Lipinski definition) is 1. The maximum Gasteiger partial charge on any atom is 0.260 e. The lowest BCUT2D eigenvalue weighted by Crippen LogP contribution is -2.33. The van der Waals surface area contributed by atoms with Gasteiger partial charge < -0.3 is 14.7 Å². The Labute approximate surface area is 107 Å². The smallest absolute Gasteiger partial charge is 0.260 e. The number of aliphatic hydroxyl groups excluding tert-OH is 1. The second-order valence-electron chi connectivity index (χ2n) is 4.78. The third-order valence-corrected chi connectivity index (χ3v) is 3.28. The van der Waals surface area contributed by atoms with E-state index in [2.05, 4.69) is 0 Å². The minimum absolute atomic E-state index is 0.00785. The lowest BCUT2D eigenvalue weighted by molar-refractivity contribution is -0.132. The molecule has 1 heterocycles. The van der Waals surface area contributed by atoms with Crippen LogP contribution >= 0.6 is 0 Å². The number of aliphatic hydroxyl groups is 1. The van der Waals surface area contributed by atoms with Crippen molar-refractivity contribution in [2.24, 2.45) is 5.92 Å². The molecule has 1 fully saturated rings. The van der Waals surface area contributed by atoms with Crippen LogP contribution in [0.15, 0.2) is 24.3 Å². The van der Waals surface area contributed by atoms with Crippen molar-refractivity contribution >= 4 is 5.91 Å². The second kappa shape index (κ2) is 5.87. The Morgan fingerprint density at radius 1 is 1.44 bits per heavy atom. The standard InChI is InChI=1S/C14H19NO3/c1-11-2-4-13(5-3-11)18-10-14(17)15-7-6-12(8-15)9-16/h2-5,12,16H,6-10H2,1H3. The van der Waals surface area contributed by atoms with Crippen LogP contribution in [0, 0.1) is 12.8 Å². The summed E-state index contributed by atoms with van der Waals surface area (Å²) in [6.07, 6.45) is 0.882. The molecule has 0 spiro atoms. The molecular formula is C14H19NO3. The third-order valence-electron chi connectivity index (χ3n) is 3.28. The summed E-state index contributed by atoms with van der Waals surface area (Å²) >= 11 is 0. The number of aryl methyl sites for hydroxylation is 1. The highest BCUT2D eigenvalue weighted by atomic mass is 16.5. The van der Waals surface area contributed by atoms with Crippen LogP contribution in [0.3, 0.4) is 0 Å². The van der Waals surface area contributed by atoms with E-state index in [0.29, 0.717) is 12.3 Å². The average Bonchev–Trinajstić information content (AvgIpc) is 2.86. The summed E-state index contributed by atoms with van der Waals surface area (Å²) in [4.78, 5) is 13.6. The number of hydrogen-bond acceptors (Lipinski definition) is 3. The van der Waals surface area contributed by atoms with Gasteiger partial charge in [0.25, 0.3) is 5.91 Å². The van der Waals surface area contributed by atoms with Crippen LogP contribution < -0.4 is 4.74 Å². The fraction of sp³-hybridized carbons (Fsp3) is 0.500. The van der Waals surface area contributed by atoms with Gasteiger partial charge in [-0.25, -0.2) is 0 Å². The molecule has 4 heteroatoms. The highest BCUT2D eigenvalue weighted by molar-refractivity contribution is 5.78. The molecule has 1 aromatic carbocycles. The number of nitrogens with zero attached hydrogens (tertiary/aromatic N) is 1. The molecule has 0 saturated carbocycles. The van der Waals surface area contributed by atoms with Crippen molar-refractivity contribution in [2.75, 3.05) is 26.3 Å². The van der Waals surface area contributed by atoms with Crippen LogP contribution in [0.2, 0.25) is 0 Å². The van der Waals surface area contributed by atoms with Gasteiger partial charge in [0.2, 0.25) is 0 Å². The van der Waals surface area contributed by atoms with E-state index in [1.807, 2.05) is 31.2 Å². The Hall–Kier alpha value is -1.55. The van der Waals surface area contributed by atoms with Gasteiger partial charge in [0.15, 0.2) is 6.61 Å². The zero-order chi connectivity index (χ0) is 13.0. The van der Waals surface area contributed by atoms with E-state index in [1.54, 1.807) is 4.90 Å². The summed E-state index contributed by atoms with van der Waals surface area (Å²) in [6, 6.07) is 7.64. The summed E-state index contributed by atoms with van der Waals surface area (Å²) in [7, 11) is 0. The molecule has 1 N–H and O–H groups in total. The van der Waals surface area contributed by atoms with E-state index < -0.39 is 0 Å². The molecule has 0 aromatic heterocycles. The zero-order valence-electron chi connectivity index (χ0n) is 10.6. The fourth-order valence-corrected chi connectivity index (χ4v) is 2.08. The molecule has 0 aliphatic carbocycles. The Bertz CT molecular complexity index is 402. The maximum atomic E-state index is 11.9. The topological polar surface area (TPSA) is 49.8 Å². The molecule has 0 bridgehead atoms. The first-order valence-corrected chi connectivity index (χ1v) is 6.27. The number of amides is 1. The number of benzene rings is 1. The van der Waals surface area contributed by atoms with E-state index in [9.17, 15) is 4.79 Å². The molecule has 0 radical (unpaired) electrons. The van der Waals surface area contributed by atoms with Crippen LogP contribution in [0.25, 0.3) is 0 Å². The van der Waals surface area contributed by atoms with Crippen LogP contribution in [-0.4, -0.2) is 42.2 Å². The van der Waals surface area contributed by atoms with Crippen molar-refractivity contribution in [1.29, 1.82) is 0 Å². The molecule has 98 valence electrons. The first-order chi connectivity index (χ1) is 8.69. The first kappa shape index (κ1) is 12.9. The molecule has 2 rings (SSSR count). The monoisotopic (exact) mass is 249 g/mol. The van der Waals surface area contributed by atoms with Crippen LogP contribution in [0.1, 0.15) is 12.0 Å². The lowest BCUT2D eigenvalue weighted by Gasteiger charge is -2.16. The number of rotatable bonds is 4. The molecule has 18 heavy (non-hydrogen) atoms. The zero-order valence-corrected chi connectivity index (χ0v) is 10.6. The van der Waals surface area contributed by atoms with Crippen molar-refractivity contribution in [3.8, 4) is 5.75 Å². The van der Waals surface area contributed by atoms with E-state index in [1.165, 1.54) is 5.56 Å². The molecule has 4 nitrogen and oxygen atoms in total. The lowest BCUT2D eigenvalue weighted by atomic mass is 10.1. The molecule has 1 saturated heterocycles. The predicted octanol–water partition coefficient (Wildman–Crippen LogP) is 1.21. The van der Waals surface area contributed by atoms with Crippen molar-refractivity contribution < 1.29 is 14.6 Å². The van der Waals surface area contributed by atoms with Crippen LogP contribution in [-0.2, 0) is 4.79 Å². The van der Waals surface area contributed by atoms with Gasteiger partial charge in [-0.2, -0.15) is 0 Å². The summed E-state index contributed by atoms with van der Waals surface area (Å²) in [5.41, 5.74) is 1.17. The van der Waals surface area contributed by atoms with E-state index in [0.717, 1.165) is 13.0 Å². The summed E-state index contributed by atoms with van der Waals surface area (Å²) in [6.45, 7) is 3.60. The Balaban J connectivity index is 1.80. The van der Waals surface area contributed by atoms with Gasteiger partial charge in [-0.15, -0.1) is 0 Å². The minimum atomic E-state index is -0.00785. The van der Waals surface area contributed by atoms with Crippen molar-refractivity contribution in [3.05, 3.63) is 29.8 Å². The Morgan fingerprint density at radius 2 is 2.17 bits per heavy atom. The van der Waals surface area contributed by atoms with Crippen LogP contribution in [0.5, 0.6) is 5.75 Å². The fourth-order valence-electron chi connectivity index (χ4n) is 2.08. The van der Waals surface area contributed by atoms with Gasteiger partial charge >= 0.3 is 0 Å². The molecule has 1 aliphatic heterocycles. The largest absolute Gasteiger partial charge is 0.484 e. The number of carbonyl (C=O) groups excluding carboxylic acids is 1. The molecule has 1 aliphatic rings. The number of likely N-dealkylation sites (tertiary alicyclic amines) is 1. The third kappa shape index (κ3) is 3.23. The normalized spacial score (nSPS) is 19.0. The molecular weight excluding hydrogens is 230 g/mol. The average molecular weight is 249 g/mol. The molecule has 1 unspecified atom stereocenters. The summed E-state index contributed by atoms with van der Waals surface area (Å²) < 4.78 is 5.45. The van der Waals surface area contributed by atoms with Gasteiger partial charge in [0, 0.05) is 25.6 Å². The summed E-state index contributed by atoms with van der Waals surface area (Å²) in [5, 5.41) is 9.03. The van der Waals surface area contributed by atoms with E-state index in [-0.39, 0.29) is 25.0 Å². The van der Waals surface area contributed by atoms with Crippen LogP contribution in [0.4, 0.5) is 0 Å². The van der Waals surface area contributed by atoms with Gasteiger partial charge in [-0.3, -0.25) is 4.79 Å². The second-order valence-corrected chi connectivity index (χ2v) is 4.78. The minimum Gasteiger partial charge on any atom is -0.484 e. The van der Waals surface area contributed by atoms with Crippen molar-refractivity contribution in [3.63, 3.8) is 0 Å². The molecule has 1 aromatic rings. The van der Waals surface area contributed by atoms with E-state index >= 15 is 0 Å². The molecule has 1 atom stereocenters. The highest BCUT2D eigenvalue weighted by Gasteiger charge is 2.25. The first-order valence-electron chi connectivity index (χ1n) is 6.27. The highest BCUT2D eigenvalue weighted by Crippen LogP contribution is 2.16. The van der Waals surface area contributed by atoms with Crippen molar-refractivity contribution in [1.82, 2.24) is 4.90 Å². The van der Waals surface area contributed by atoms with E-state index in [4.69, 9.17) is 9.84 Å². The van der Waals surface area contributed by atoms with Crippen molar-refractivity contribution in [2.45, 2.75) is 13.3 Å². The van der Waals surface area contributed by atoms with Gasteiger partial charge in [-0.05, 0) is 25.5 Å². The summed E-state index contributed by atoms with van der Waals surface area (Å²) in [5.74, 6) is 0.937.